The van der Waals surface area contributed by atoms with Crippen LogP contribution in [-0.2, 0) is 16.1 Å². The van der Waals surface area contributed by atoms with Crippen LogP contribution in [0.4, 0.5) is 0 Å². The lowest BCUT2D eigenvalue weighted by Gasteiger charge is -2.39. The molecule has 1 fully saturated rings. The summed E-state index contributed by atoms with van der Waals surface area (Å²) in [5.74, 6) is 0.685. The molecule has 1 aromatic carbocycles. The Hall–Kier alpha value is -1.59. The van der Waals surface area contributed by atoms with Crippen LogP contribution in [0.15, 0.2) is 24.3 Å². The second-order valence-corrected chi connectivity index (χ2v) is 4.96. The number of benzene rings is 1. The Kier molecular flexibility index (Phi) is 4.07. The van der Waals surface area contributed by atoms with Gasteiger partial charge in [0.2, 0.25) is 5.91 Å². The van der Waals surface area contributed by atoms with Gasteiger partial charge in [0.15, 0.2) is 0 Å². The Morgan fingerprint density at radius 3 is 2.89 bits per heavy atom. The van der Waals surface area contributed by atoms with E-state index < -0.39 is 5.60 Å². The lowest BCUT2D eigenvalue weighted by Crippen LogP contribution is -2.54. The number of carbonyl (C=O) groups is 1. The van der Waals surface area contributed by atoms with Gasteiger partial charge in [-0.3, -0.25) is 4.79 Å². The van der Waals surface area contributed by atoms with Crippen LogP contribution in [-0.4, -0.2) is 48.4 Å². The highest BCUT2D eigenvalue weighted by atomic mass is 16.5. The molecule has 1 saturated heterocycles. The van der Waals surface area contributed by atoms with Crippen molar-refractivity contribution in [3.05, 3.63) is 29.8 Å². The molecular formula is C14H19NO4. The molecule has 1 amide bonds. The van der Waals surface area contributed by atoms with Gasteiger partial charge in [0.1, 0.15) is 18.0 Å². The van der Waals surface area contributed by atoms with Crippen LogP contribution in [0, 0.1) is 0 Å². The van der Waals surface area contributed by atoms with E-state index in [-0.39, 0.29) is 19.1 Å². The van der Waals surface area contributed by atoms with Crippen molar-refractivity contribution in [2.75, 3.05) is 26.9 Å². The minimum atomic E-state index is -0.685. The molecule has 19 heavy (non-hydrogen) atoms. The Morgan fingerprint density at radius 2 is 2.21 bits per heavy atom. The zero-order valence-corrected chi connectivity index (χ0v) is 11.3. The topological polar surface area (TPSA) is 59.0 Å². The molecule has 5 nitrogen and oxygen atoms in total. The van der Waals surface area contributed by atoms with Gasteiger partial charge in [-0.15, -0.1) is 0 Å². The Labute approximate surface area is 112 Å². The van der Waals surface area contributed by atoms with E-state index >= 15 is 0 Å². The van der Waals surface area contributed by atoms with Crippen molar-refractivity contribution in [1.82, 2.24) is 4.90 Å². The molecule has 0 saturated carbocycles. The number of carbonyl (C=O) groups excluding carboxylic acids is 1. The summed E-state index contributed by atoms with van der Waals surface area (Å²) in [6.07, 6.45) is 0. The number of para-hydroxylation sites is 1. The van der Waals surface area contributed by atoms with Crippen LogP contribution in [0.1, 0.15) is 12.5 Å². The van der Waals surface area contributed by atoms with Gasteiger partial charge in [-0.2, -0.15) is 0 Å². The van der Waals surface area contributed by atoms with Crippen LogP contribution >= 0.6 is 0 Å². The number of morpholine rings is 1. The number of aliphatic hydroxyl groups excluding tert-OH is 1. The first-order chi connectivity index (χ1) is 9.08. The molecule has 104 valence electrons. The fourth-order valence-corrected chi connectivity index (χ4v) is 2.14. The molecule has 0 aliphatic carbocycles. The van der Waals surface area contributed by atoms with Crippen LogP contribution in [0.5, 0.6) is 5.75 Å². The maximum atomic E-state index is 11.9. The van der Waals surface area contributed by atoms with E-state index in [1.807, 2.05) is 24.3 Å². The standard InChI is InChI=1S/C14H19NO4/c1-14(10-16)9-15(13(17)8-19-14)7-11-5-3-4-6-12(11)18-2/h3-6,16H,7-10H2,1-2H3. The summed E-state index contributed by atoms with van der Waals surface area (Å²) in [7, 11) is 1.61. The molecule has 1 aromatic rings. The number of ether oxygens (including phenoxy) is 2. The van der Waals surface area contributed by atoms with E-state index in [0.717, 1.165) is 11.3 Å². The van der Waals surface area contributed by atoms with Crippen molar-refractivity contribution in [1.29, 1.82) is 0 Å². The fraction of sp³-hybridized carbons (Fsp3) is 0.500. The number of nitrogens with zero attached hydrogens (tertiary/aromatic N) is 1. The molecule has 0 radical (unpaired) electrons. The Balaban J connectivity index is 2.14. The lowest BCUT2D eigenvalue weighted by molar-refractivity contribution is -0.167. The molecule has 5 heteroatoms. The third-order valence-corrected chi connectivity index (χ3v) is 3.31. The van der Waals surface area contributed by atoms with Crippen molar-refractivity contribution in [3.63, 3.8) is 0 Å². The number of rotatable bonds is 4. The fourth-order valence-electron chi connectivity index (χ4n) is 2.14. The molecule has 2 rings (SSSR count). The summed E-state index contributed by atoms with van der Waals surface area (Å²) in [5.41, 5.74) is 0.260. The summed E-state index contributed by atoms with van der Waals surface area (Å²) in [5, 5.41) is 9.33. The molecule has 1 N–H and O–H groups in total. The highest BCUT2D eigenvalue weighted by molar-refractivity contribution is 5.78. The van der Waals surface area contributed by atoms with Crippen LogP contribution in [0.3, 0.4) is 0 Å². The largest absolute Gasteiger partial charge is 0.496 e. The highest BCUT2D eigenvalue weighted by Gasteiger charge is 2.35. The second-order valence-electron chi connectivity index (χ2n) is 4.96. The van der Waals surface area contributed by atoms with Gasteiger partial charge in [0.05, 0.1) is 20.3 Å². The lowest BCUT2D eigenvalue weighted by atomic mass is 10.0. The maximum Gasteiger partial charge on any atom is 0.249 e. The summed E-state index contributed by atoms with van der Waals surface area (Å²) in [4.78, 5) is 13.6. The molecule has 1 unspecified atom stereocenters. The van der Waals surface area contributed by atoms with Gasteiger partial charge in [-0.05, 0) is 13.0 Å². The smallest absolute Gasteiger partial charge is 0.249 e. The summed E-state index contributed by atoms with van der Waals surface area (Å²) in [6.45, 7) is 2.53. The molecule has 1 heterocycles. The van der Waals surface area contributed by atoms with Crippen LogP contribution in [0.2, 0.25) is 0 Å². The highest BCUT2D eigenvalue weighted by Crippen LogP contribution is 2.23. The first-order valence-corrected chi connectivity index (χ1v) is 6.22. The van der Waals surface area contributed by atoms with Gasteiger partial charge in [-0.1, -0.05) is 18.2 Å². The number of methoxy groups -OCH3 is 1. The van der Waals surface area contributed by atoms with E-state index in [0.29, 0.717) is 13.1 Å². The molecule has 0 bridgehead atoms. The predicted molar refractivity (Wildman–Crippen MR) is 69.9 cm³/mol. The van der Waals surface area contributed by atoms with Gasteiger partial charge < -0.3 is 19.5 Å². The summed E-state index contributed by atoms with van der Waals surface area (Å²) < 4.78 is 10.7. The second kappa shape index (κ2) is 5.59. The molecular weight excluding hydrogens is 246 g/mol. The van der Waals surface area contributed by atoms with Gasteiger partial charge in [0, 0.05) is 12.1 Å². The van der Waals surface area contributed by atoms with E-state index in [2.05, 4.69) is 0 Å². The predicted octanol–water partition coefficient (Wildman–Crippen LogP) is 0.805. The van der Waals surface area contributed by atoms with Crippen molar-refractivity contribution in [2.45, 2.75) is 19.1 Å². The average molecular weight is 265 g/mol. The third-order valence-electron chi connectivity index (χ3n) is 3.31. The van der Waals surface area contributed by atoms with Crippen LogP contribution < -0.4 is 4.74 Å². The number of aliphatic hydroxyl groups is 1. The Bertz CT molecular complexity index is 463. The average Bonchev–Trinajstić information content (AvgIpc) is 2.44. The Morgan fingerprint density at radius 1 is 1.47 bits per heavy atom. The number of amides is 1. The normalized spacial score (nSPS) is 23.5. The molecule has 1 atom stereocenters. The summed E-state index contributed by atoms with van der Waals surface area (Å²) >= 11 is 0. The van der Waals surface area contributed by atoms with Crippen molar-refractivity contribution < 1.29 is 19.4 Å². The van der Waals surface area contributed by atoms with Gasteiger partial charge >= 0.3 is 0 Å². The van der Waals surface area contributed by atoms with E-state index in [9.17, 15) is 9.90 Å². The van der Waals surface area contributed by atoms with E-state index in [4.69, 9.17) is 9.47 Å². The number of hydrogen-bond donors (Lipinski definition) is 1. The van der Waals surface area contributed by atoms with E-state index in [1.165, 1.54) is 0 Å². The zero-order valence-electron chi connectivity index (χ0n) is 11.3. The number of hydrogen-bond acceptors (Lipinski definition) is 4. The van der Waals surface area contributed by atoms with E-state index in [1.54, 1.807) is 18.9 Å². The van der Waals surface area contributed by atoms with Crippen molar-refractivity contribution in [2.24, 2.45) is 0 Å². The maximum absolute atomic E-state index is 11.9. The monoisotopic (exact) mass is 265 g/mol. The molecule has 0 aromatic heterocycles. The van der Waals surface area contributed by atoms with Crippen molar-refractivity contribution in [3.8, 4) is 5.75 Å². The zero-order chi connectivity index (χ0) is 13.9. The molecule has 1 aliphatic heterocycles. The minimum absolute atomic E-state index is 0.00616. The molecule has 1 aliphatic rings. The first kappa shape index (κ1) is 13.8. The summed E-state index contributed by atoms with van der Waals surface area (Å²) in [6, 6.07) is 7.60. The van der Waals surface area contributed by atoms with Gasteiger partial charge in [0.25, 0.3) is 0 Å². The third kappa shape index (κ3) is 3.05. The SMILES string of the molecule is COc1ccccc1CN1CC(C)(CO)OCC1=O. The van der Waals surface area contributed by atoms with Crippen LogP contribution in [0.25, 0.3) is 0 Å². The van der Waals surface area contributed by atoms with Gasteiger partial charge in [-0.25, -0.2) is 0 Å². The quantitative estimate of drug-likeness (QED) is 0.875. The van der Waals surface area contributed by atoms with Crippen molar-refractivity contribution >= 4 is 5.91 Å². The minimum Gasteiger partial charge on any atom is -0.496 e. The molecule has 0 spiro atoms. The first-order valence-electron chi connectivity index (χ1n) is 6.22.